The van der Waals surface area contributed by atoms with Gasteiger partial charge in [-0.2, -0.15) is 0 Å². The van der Waals surface area contributed by atoms with E-state index in [1.165, 1.54) is 22.3 Å². The zero-order chi connectivity index (χ0) is 20.5. The summed E-state index contributed by atoms with van der Waals surface area (Å²) in [5.74, 6) is 1.23. The summed E-state index contributed by atoms with van der Waals surface area (Å²) in [4.78, 5) is 35.4. The Morgan fingerprint density at radius 1 is 0.645 bits per heavy atom. The van der Waals surface area contributed by atoms with Crippen molar-refractivity contribution in [1.82, 2.24) is 0 Å². The van der Waals surface area contributed by atoms with Gasteiger partial charge in [-0.25, -0.2) is 0 Å². The molecule has 158 valence electrons. The van der Waals surface area contributed by atoms with Gasteiger partial charge in [0.05, 0.1) is 0 Å². The van der Waals surface area contributed by atoms with Crippen LogP contribution in [-0.4, -0.2) is 11.6 Å². The van der Waals surface area contributed by atoms with Gasteiger partial charge in [-0.1, -0.05) is 0 Å². The van der Waals surface area contributed by atoms with Gasteiger partial charge in [0.1, 0.15) is 0 Å². The molecule has 12 rings (SSSR count). The predicted molar refractivity (Wildman–Crippen MR) is 115 cm³/mol. The fourth-order valence-electron chi connectivity index (χ4n) is 20.1. The van der Waals surface area contributed by atoms with E-state index in [1.54, 1.807) is 0 Å². The standard InChI is InChI=1S/2C14H13O.Fe/c2*1-11-6-8-12(9-7-11)10-14(15)13-4-2-3-5-13;/h2*2-9H,10H2,1H3;. The van der Waals surface area contributed by atoms with Crippen LogP contribution in [-0.2, 0) is 28.9 Å². The van der Waals surface area contributed by atoms with Crippen LogP contribution in [0.3, 0.4) is 0 Å². The van der Waals surface area contributed by atoms with Crippen molar-refractivity contribution in [2.24, 2.45) is 0 Å². The second-order valence-corrected chi connectivity index (χ2v) is 38.1. The molecule has 1 spiro atoms. The van der Waals surface area contributed by atoms with Crippen LogP contribution in [0.4, 0.5) is 0 Å². The Morgan fingerprint density at radius 3 is 1.26 bits per heavy atom. The van der Waals surface area contributed by atoms with Crippen molar-refractivity contribution in [3.63, 3.8) is 0 Å². The number of rotatable bonds is 6. The van der Waals surface area contributed by atoms with Crippen molar-refractivity contribution in [2.75, 3.05) is 0 Å². The topological polar surface area (TPSA) is 34.1 Å². The molecule has 10 fully saturated rings. The van der Waals surface area contributed by atoms with Crippen molar-refractivity contribution >= 4 is 11.6 Å². The molecule has 0 radical (unpaired) electrons. The van der Waals surface area contributed by atoms with Gasteiger partial charge in [-0.15, -0.1) is 0 Å². The molecule has 0 aromatic heterocycles. The van der Waals surface area contributed by atoms with Crippen molar-refractivity contribution in [1.29, 1.82) is 0 Å². The van der Waals surface area contributed by atoms with Crippen LogP contribution in [0.25, 0.3) is 0 Å². The van der Waals surface area contributed by atoms with Crippen LogP contribution >= 0.6 is 0 Å². The number of hydrogen-bond donors (Lipinski definition) is 0. The number of ketones is 2. The SMILES string of the molecule is Cc1ccc(CC(=O)[C]23[CH]4[CH]5[CH]6[CH]2[Fe]56432789[CH]3[CH]2[CH]7[C]8(C(=O)Cc2ccc(C)cc2)[CH]39)cc1. The van der Waals surface area contributed by atoms with Gasteiger partial charge in [-0.3, -0.25) is 0 Å². The zero-order valence-corrected chi connectivity index (χ0v) is 18.9. The van der Waals surface area contributed by atoms with Gasteiger partial charge in [0.2, 0.25) is 0 Å². The second kappa shape index (κ2) is 1.83. The first-order valence-electron chi connectivity index (χ1n) is 12.1. The molecule has 10 saturated heterocycles. The Kier molecular flexibility index (Phi) is 0.854. The molecule has 0 bridgehead atoms. The number of Topliss-reactive ketones (excluding diaryl/α,β-unsaturated/α-hetero) is 2. The minimum absolute atomic E-state index is 0.127. The Labute approximate surface area is 172 Å². The maximum atomic E-state index is 14.1. The van der Waals surface area contributed by atoms with Crippen molar-refractivity contribution in [3.05, 3.63) is 70.8 Å². The first-order valence-corrected chi connectivity index (χ1v) is 18.3. The molecule has 2 aromatic rings. The molecular weight excluding hydrogens is 424 g/mol. The van der Waals surface area contributed by atoms with E-state index in [2.05, 4.69) is 62.4 Å². The predicted octanol–water partition coefficient (Wildman–Crippen LogP) is 6.36. The van der Waals surface area contributed by atoms with Crippen LogP contribution < -0.4 is 0 Å². The van der Waals surface area contributed by atoms with Crippen molar-refractivity contribution in [3.8, 4) is 0 Å². The minimum atomic E-state index is -4.05. The van der Waals surface area contributed by atoms with Crippen LogP contribution in [0.5, 0.6) is 0 Å². The molecule has 8 unspecified atom stereocenters. The van der Waals surface area contributed by atoms with E-state index in [0.717, 1.165) is 38.5 Å². The van der Waals surface area contributed by atoms with Gasteiger partial charge in [0, 0.05) is 0 Å². The third-order valence-electron chi connectivity index (χ3n) is 18.6. The van der Waals surface area contributed by atoms with Crippen LogP contribution in [0.15, 0.2) is 48.5 Å². The number of benzene rings is 2. The Morgan fingerprint density at radius 2 is 0.968 bits per heavy atom. The van der Waals surface area contributed by atoms with E-state index in [1.807, 2.05) is 0 Å². The number of fused-ring (bicyclic) bond motifs is 10. The molecule has 2 aromatic carbocycles. The Balaban J connectivity index is 1.04. The molecule has 0 amide bonds. The van der Waals surface area contributed by atoms with Gasteiger partial charge < -0.3 is 0 Å². The van der Waals surface area contributed by atoms with E-state index < -0.39 is 6.51 Å². The quantitative estimate of drug-likeness (QED) is 0.480. The van der Waals surface area contributed by atoms with E-state index >= 15 is 0 Å². The third kappa shape index (κ3) is 0.280. The van der Waals surface area contributed by atoms with Gasteiger partial charge >= 0.3 is 172 Å². The van der Waals surface area contributed by atoms with Crippen molar-refractivity contribution < 1.29 is 16.1 Å². The molecule has 2 nitrogen and oxygen atoms in total. The van der Waals surface area contributed by atoms with Gasteiger partial charge in [0.15, 0.2) is 0 Å². The maximum absolute atomic E-state index is 14.1. The van der Waals surface area contributed by atoms with E-state index in [9.17, 15) is 9.59 Å². The summed E-state index contributed by atoms with van der Waals surface area (Å²) in [6, 6.07) is 17.2. The summed E-state index contributed by atoms with van der Waals surface area (Å²) in [6.45, 7) is 0.167. The molecule has 10 aliphatic heterocycles. The van der Waals surface area contributed by atoms with E-state index in [0.29, 0.717) is 24.4 Å². The van der Waals surface area contributed by atoms with Crippen molar-refractivity contribution in [2.45, 2.75) is 73.8 Å². The summed E-state index contributed by atoms with van der Waals surface area (Å²) in [6.07, 6.45) is 1.28. The average molecular weight is 450 g/mol. The summed E-state index contributed by atoms with van der Waals surface area (Å²) in [7, 11) is 0. The first-order chi connectivity index (χ1) is 14.7. The summed E-state index contributed by atoms with van der Waals surface area (Å²) in [5, 5.41) is 0. The molecule has 0 aliphatic carbocycles. The van der Waals surface area contributed by atoms with E-state index in [4.69, 9.17) is 0 Å². The van der Waals surface area contributed by atoms with Crippen LogP contribution in [0.2, 0.25) is 47.2 Å². The van der Waals surface area contributed by atoms with Gasteiger partial charge in [0.25, 0.3) is 0 Å². The summed E-state index contributed by atoms with van der Waals surface area (Å²) < 4.78 is 0.254. The molecule has 10 aliphatic rings. The molecule has 8 atom stereocenters. The van der Waals surface area contributed by atoms with Gasteiger partial charge in [-0.05, 0) is 0 Å². The molecule has 10 heterocycles. The number of hydrogen-bond acceptors (Lipinski definition) is 2. The Bertz CT molecular complexity index is 1640. The van der Waals surface area contributed by atoms with E-state index in [-0.39, 0.29) is 8.63 Å². The molecular formula is C28H26FeO2. The fourth-order valence-corrected chi connectivity index (χ4v) is 96.1. The fraction of sp³-hybridized carbons (Fsp3) is 0.500. The molecule has 3 heteroatoms. The zero-order valence-electron chi connectivity index (χ0n) is 17.8. The van der Waals surface area contributed by atoms with Crippen LogP contribution in [0, 0.1) is 13.8 Å². The third-order valence-corrected chi connectivity index (χ3v) is 61.4. The monoisotopic (exact) mass is 450 g/mol. The second-order valence-electron chi connectivity index (χ2n) is 14.9. The Hall–Kier alpha value is -1.70. The summed E-state index contributed by atoms with van der Waals surface area (Å²) >= 11 is 0. The molecule has 0 N–H and O–H groups in total. The summed E-state index contributed by atoms with van der Waals surface area (Å²) in [5.41, 5.74) is 4.92. The number of carbonyl (C=O) groups is 2. The molecule has 31 heavy (non-hydrogen) atoms. The number of aryl methyl sites for hydroxylation is 2. The molecule has 0 saturated carbocycles. The first kappa shape index (κ1) is 14.4. The normalized spacial score (nSPS) is 72.7. The van der Waals surface area contributed by atoms with Crippen LogP contribution in [0.1, 0.15) is 22.3 Å². The average Bonchev–Trinajstić information content (AvgIpc) is 3.70. The number of carbonyl (C=O) groups excluding carboxylic acids is 2.